The van der Waals surface area contributed by atoms with Gasteiger partial charge < -0.3 is 9.73 Å². The van der Waals surface area contributed by atoms with Gasteiger partial charge in [-0.25, -0.2) is 8.42 Å². The van der Waals surface area contributed by atoms with E-state index in [4.69, 9.17) is 4.42 Å². The second kappa shape index (κ2) is 7.03. The molecular weight excluding hydrogens is 364 g/mol. The standard InChI is InChI=1S/C19H20N4O3S/c1-14(18-21-22-19(26-18)15-6-3-2-4-7-15)20-16-8-10-17(11-9-16)23-12-5-13-27(23,24)25/h2-4,6-11,14,20H,5,12-13H2,1H3. The van der Waals surface area contributed by atoms with Crippen LogP contribution in [-0.2, 0) is 10.0 Å². The summed E-state index contributed by atoms with van der Waals surface area (Å²) in [5.74, 6) is 1.18. The van der Waals surface area contributed by atoms with Crippen LogP contribution in [0, 0.1) is 0 Å². The SMILES string of the molecule is CC(Nc1ccc(N2CCCS2(=O)=O)cc1)c1nnc(-c2ccccc2)o1. The van der Waals surface area contributed by atoms with Gasteiger partial charge in [-0.1, -0.05) is 18.2 Å². The van der Waals surface area contributed by atoms with Gasteiger partial charge in [0.25, 0.3) is 0 Å². The predicted molar refractivity (Wildman–Crippen MR) is 104 cm³/mol. The Hall–Kier alpha value is -2.87. The van der Waals surface area contributed by atoms with E-state index < -0.39 is 10.0 Å². The molecule has 1 saturated heterocycles. The molecule has 8 heteroatoms. The molecule has 1 N–H and O–H groups in total. The minimum absolute atomic E-state index is 0.184. The van der Waals surface area contributed by atoms with Crippen molar-refractivity contribution in [1.29, 1.82) is 0 Å². The van der Waals surface area contributed by atoms with Crippen molar-refractivity contribution in [3.8, 4) is 11.5 Å². The molecule has 1 atom stereocenters. The molecule has 0 spiro atoms. The molecule has 0 saturated carbocycles. The molecule has 2 heterocycles. The van der Waals surface area contributed by atoms with Crippen LogP contribution in [0.2, 0.25) is 0 Å². The van der Waals surface area contributed by atoms with Crippen molar-refractivity contribution in [3.63, 3.8) is 0 Å². The second-order valence-corrected chi connectivity index (χ2v) is 8.48. The third kappa shape index (κ3) is 3.66. The largest absolute Gasteiger partial charge is 0.418 e. The number of nitrogens with one attached hydrogen (secondary N) is 1. The van der Waals surface area contributed by atoms with E-state index in [1.807, 2.05) is 49.4 Å². The fourth-order valence-corrected chi connectivity index (χ4v) is 4.64. The molecule has 1 aromatic heterocycles. The molecule has 3 aromatic rings. The first-order valence-corrected chi connectivity index (χ1v) is 10.4. The molecular formula is C19H20N4O3S. The summed E-state index contributed by atoms with van der Waals surface area (Å²) in [6.07, 6.45) is 0.667. The summed E-state index contributed by atoms with van der Waals surface area (Å²) >= 11 is 0. The van der Waals surface area contributed by atoms with Crippen molar-refractivity contribution < 1.29 is 12.8 Å². The van der Waals surface area contributed by atoms with Gasteiger partial charge in [0.2, 0.25) is 21.8 Å². The molecule has 1 fully saturated rings. The fraction of sp³-hybridized carbons (Fsp3) is 0.263. The highest BCUT2D eigenvalue weighted by atomic mass is 32.2. The monoisotopic (exact) mass is 384 g/mol. The van der Waals surface area contributed by atoms with E-state index in [2.05, 4.69) is 15.5 Å². The van der Waals surface area contributed by atoms with Gasteiger partial charge in [-0.3, -0.25) is 4.31 Å². The maximum Gasteiger partial charge on any atom is 0.247 e. The zero-order valence-electron chi connectivity index (χ0n) is 14.9. The lowest BCUT2D eigenvalue weighted by Crippen LogP contribution is -2.24. The third-order valence-electron chi connectivity index (χ3n) is 4.47. The lowest BCUT2D eigenvalue weighted by molar-refractivity contribution is 0.485. The first kappa shape index (κ1) is 17.5. The molecule has 4 rings (SSSR count). The van der Waals surface area contributed by atoms with Gasteiger partial charge in [-0.05, 0) is 49.7 Å². The molecule has 1 unspecified atom stereocenters. The number of sulfonamides is 1. The Labute approximate surface area is 158 Å². The topological polar surface area (TPSA) is 88.3 Å². The van der Waals surface area contributed by atoms with Crippen LogP contribution in [0.15, 0.2) is 59.0 Å². The molecule has 27 heavy (non-hydrogen) atoms. The van der Waals surface area contributed by atoms with Crippen LogP contribution in [0.3, 0.4) is 0 Å². The van der Waals surface area contributed by atoms with Crippen molar-refractivity contribution in [1.82, 2.24) is 10.2 Å². The Kier molecular flexibility index (Phi) is 4.57. The molecule has 0 bridgehead atoms. The van der Waals surface area contributed by atoms with E-state index >= 15 is 0 Å². The van der Waals surface area contributed by atoms with E-state index in [0.29, 0.717) is 30.4 Å². The van der Waals surface area contributed by atoms with Gasteiger partial charge in [-0.2, -0.15) is 0 Å². The summed E-state index contributed by atoms with van der Waals surface area (Å²) in [5, 5.41) is 11.5. The van der Waals surface area contributed by atoms with Gasteiger partial charge in [0, 0.05) is 17.8 Å². The average Bonchev–Trinajstić information content (AvgIpc) is 3.30. The van der Waals surface area contributed by atoms with Gasteiger partial charge in [-0.15, -0.1) is 10.2 Å². The maximum atomic E-state index is 12.0. The zero-order valence-corrected chi connectivity index (χ0v) is 15.7. The lowest BCUT2D eigenvalue weighted by atomic mass is 10.2. The first-order chi connectivity index (χ1) is 13.0. The summed E-state index contributed by atoms with van der Waals surface area (Å²) in [7, 11) is -3.16. The summed E-state index contributed by atoms with van der Waals surface area (Å²) in [5.41, 5.74) is 2.41. The van der Waals surface area contributed by atoms with Crippen molar-refractivity contribution in [2.45, 2.75) is 19.4 Å². The predicted octanol–water partition coefficient (Wildman–Crippen LogP) is 3.45. The van der Waals surface area contributed by atoms with Crippen LogP contribution in [0.25, 0.3) is 11.5 Å². The van der Waals surface area contributed by atoms with Gasteiger partial charge in [0.15, 0.2) is 0 Å². The average molecular weight is 384 g/mol. The van der Waals surface area contributed by atoms with E-state index in [0.717, 1.165) is 11.3 Å². The Balaban J connectivity index is 1.46. The van der Waals surface area contributed by atoms with E-state index in [9.17, 15) is 8.42 Å². The van der Waals surface area contributed by atoms with Gasteiger partial charge >= 0.3 is 0 Å². The number of rotatable bonds is 5. The van der Waals surface area contributed by atoms with Crippen molar-refractivity contribution >= 4 is 21.4 Å². The summed E-state index contributed by atoms with van der Waals surface area (Å²) in [6.45, 7) is 2.47. The quantitative estimate of drug-likeness (QED) is 0.725. The number of hydrogen-bond acceptors (Lipinski definition) is 6. The first-order valence-electron chi connectivity index (χ1n) is 8.79. The third-order valence-corrected chi connectivity index (χ3v) is 6.34. The van der Waals surface area contributed by atoms with Crippen LogP contribution in [0.1, 0.15) is 25.3 Å². The number of nitrogens with zero attached hydrogens (tertiary/aromatic N) is 3. The number of benzene rings is 2. The van der Waals surface area contributed by atoms with E-state index in [1.54, 1.807) is 12.1 Å². The molecule has 7 nitrogen and oxygen atoms in total. The Morgan fingerprint density at radius 3 is 2.48 bits per heavy atom. The molecule has 0 aliphatic carbocycles. The molecule has 0 amide bonds. The van der Waals surface area contributed by atoms with Gasteiger partial charge in [0.05, 0.1) is 11.4 Å². The number of anilines is 2. The van der Waals surface area contributed by atoms with Crippen LogP contribution in [-0.4, -0.2) is 30.9 Å². The Morgan fingerprint density at radius 1 is 1.07 bits per heavy atom. The highest BCUT2D eigenvalue weighted by Gasteiger charge is 2.28. The second-order valence-electron chi connectivity index (χ2n) is 6.47. The fourth-order valence-electron chi connectivity index (χ4n) is 3.07. The van der Waals surface area contributed by atoms with Crippen molar-refractivity contribution in [2.24, 2.45) is 0 Å². The summed E-state index contributed by atoms with van der Waals surface area (Å²) in [4.78, 5) is 0. The van der Waals surface area contributed by atoms with E-state index in [-0.39, 0.29) is 11.8 Å². The van der Waals surface area contributed by atoms with Gasteiger partial charge in [0.1, 0.15) is 6.04 Å². The van der Waals surface area contributed by atoms with Crippen LogP contribution in [0.5, 0.6) is 0 Å². The number of hydrogen-bond donors (Lipinski definition) is 1. The summed E-state index contributed by atoms with van der Waals surface area (Å²) < 4.78 is 31.3. The van der Waals surface area contributed by atoms with Crippen molar-refractivity contribution in [3.05, 3.63) is 60.5 Å². The minimum atomic E-state index is -3.16. The van der Waals surface area contributed by atoms with Crippen LogP contribution < -0.4 is 9.62 Å². The highest BCUT2D eigenvalue weighted by molar-refractivity contribution is 7.93. The maximum absolute atomic E-state index is 12.0. The van der Waals surface area contributed by atoms with Crippen LogP contribution >= 0.6 is 0 Å². The summed E-state index contributed by atoms with van der Waals surface area (Å²) in [6, 6.07) is 16.7. The highest BCUT2D eigenvalue weighted by Crippen LogP contribution is 2.27. The molecule has 0 radical (unpaired) electrons. The molecule has 1 aliphatic heterocycles. The number of aromatic nitrogens is 2. The van der Waals surface area contributed by atoms with Crippen molar-refractivity contribution in [2.75, 3.05) is 21.9 Å². The lowest BCUT2D eigenvalue weighted by Gasteiger charge is -2.18. The molecule has 2 aromatic carbocycles. The van der Waals surface area contributed by atoms with Crippen LogP contribution in [0.4, 0.5) is 11.4 Å². The smallest absolute Gasteiger partial charge is 0.247 e. The molecule has 140 valence electrons. The minimum Gasteiger partial charge on any atom is -0.418 e. The normalized spacial score (nSPS) is 17.0. The molecule has 1 aliphatic rings. The van der Waals surface area contributed by atoms with E-state index in [1.165, 1.54) is 4.31 Å². The Bertz CT molecular complexity index is 1020. The Morgan fingerprint density at radius 2 is 1.81 bits per heavy atom. The zero-order chi connectivity index (χ0) is 18.9.